The van der Waals surface area contributed by atoms with E-state index < -0.39 is 0 Å². The maximum atomic E-state index is 12.9. The Morgan fingerprint density at radius 1 is 1.12 bits per heavy atom. The maximum Gasteiger partial charge on any atom is 0.123 e. The van der Waals surface area contributed by atoms with Crippen LogP contribution in [0.5, 0.6) is 0 Å². The number of hydrogen-bond acceptors (Lipinski definition) is 1. The third-order valence-electron chi connectivity index (χ3n) is 3.55. The van der Waals surface area contributed by atoms with E-state index in [2.05, 4.69) is 18.7 Å². The van der Waals surface area contributed by atoms with Gasteiger partial charge in [-0.3, -0.25) is 4.90 Å². The molecule has 0 radical (unpaired) electrons. The van der Waals surface area contributed by atoms with Gasteiger partial charge in [-0.1, -0.05) is 26.0 Å². The molecule has 1 aliphatic carbocycles. The average Bonchev–Trinajstić information content (AvgIpc) is 3.10. The molecule has 1 aliphatic rings. The summed E-state index contributed by atoms with van der Waals surface area (Å²) in [5, 5.41) is 0. The first kappa shape index (κ1) is 12.6. The summed E-state index contributed by atoms with van der Waals surface area (Å²) in [6, 6.07) is 7.73. The van der Waals surface area contributed by atoms with E-state index in [0.717, 1.165) is 0 Å². The van der Waals surface area contributed by atoms with Crippen LogP contribution in [0.1, 0.15) is 44.6 Å². The summed E-state index contributed by atoms with van der Waals surface area (Å²) in [5.74, 6) is 0.499. The summed E-state index contributed by atoms with van der Waals surface area (Å²) in [6.07, 6.45) is 3.67. The first-order valence-electron chi connectivity index (χ1n) is 6.75. The maximum absolute atomic E-state index is 12.9. The van der Waals surface area contributed by atoms with Crippen LogP contribution in [0, 0.1) is 5.82 Å². The number of nitrogens with zero attached hydrogens (tertiary/aromatic N) is 1. The highest BCUT2D eigenvalue weighted by atomic mass is 19.1. The van der Waals surface area contributed by atoms with Gasteiger partial charge in [0, 0.05) is 12.0 Å². The standard InChI is InChI=1S/C15H22FN/c1-3-9-17(10-4-2)15-11-14(15)12-5-7-13(16)8-6-12/h5-8,14-15H,3-4,9-11H2,1-2H3. The number of benzene rings is 1. The average molecular weight is 235 g/mol. The summed E-state index contributed by atoms with van der Waals surface area (Å²) >= 11 is 0. The molecule has 0 aliphatic heterocycles. The molecule has 0 heterocycles. The molecular weight excluding hydrogens is 213 g/mol. The van der Waals surface area contributed by atoms with E-state index in [0.29, 0.717) is 12.0 Å². The third kappa shape index (κ3) is 3.06. The van der Waals surface area contributed by atoms with Crippen molar-refractivity contribution in [2.45, 2.75) is 45.1 Å². The molecular formula is C15H22FN. The summed E-state index contributed by atoms with van der Waals surface area (Å²) in [6.45, 7) is 6.85. The molecule has 0 aromatic heterocycles. The third-order valence-corrected chi connectivity index (χ3v) is 3.55. The summed E-state index contributed by atoms with van der Waals surface area (Å²) < 4.78 is 12.9. The Hall–Kier alpha value is -0.890. The zero-order valence-electron chi connectivity index (χ0n) is 10.8. The van der Waals surface area contributed by atoms with E-state index in [1.54, 1.807) is 12.1 Å². The minimum Gasteiger partial charge on any atom is -0.300 e. The van der Waals surface area contributed by atoms with Gasteiger partial charge in [0.25, 0.3) is 0 Å². The molecule has 0 bridgehead atoms. The Labute approximate surface area is 104 Å². The fourth-order valence-corrected chi connectivity index (χ4v) is 2.67. The van der Waals surface area contributed by atoms with E-state index in [4.69, 9.17) is 0 Å². The Kier molecular flexibility index (Phi) is 4.16. The van der Waals surface area contributed by atoms with Crippen LogP contribution in [-0.2, 0) is 0 Å². The van der Waals surface area contributed by atoms with E-state index in [9.17, 15) is 4.39 Å². The topological polar surface area (TPSA) is 3.24 Å². The Bertz CT molecular complexity index is 340. The molecule has 17 heavy (non-hydrogen) atoms. The van der Waals surface area contributed by atoms with Crippen LogP contribution in [0.25, 0.3) is 0 Å². The van der Waals surface area contributed by atoms with Crippen molar-refractivity contribution in [3.05, 3.63) is 35.6 Å². The molecule has 0 saturated heterocycles. The van der Waals surface area contributed by atoms with Gasteiger partial charge in [-0.2, -0.15) is 0 Å². The molecule has 1 nitrogen and oxygen atoms in total. The summed E-state index contributed by atoms with van der Waals surface area (Å²) in [5.41, 5.74) is 1.30. The Balaban J connectivity index is 1.96. The lowest BCUT2D eigenvalue weighted by molar-refractivity contribution is 0.260. The number of halogens is 1. The van der Waals surface area contributed by atoms with Crippen molar-refractivity contribution in [2.24, 2.45) is 0 Å². The lowest BCUT2D eigenvalue weighted by atomic mass is 10.1. The van der Waals surface area contributed by atoms with Gasteiger partial charge in [-0.05, 0) is 50.0 Å². The van der Waals surface area contributed by atoms with Crippen molar-refractivity contribution in [1.29, 1.82) is 0 Å². The Morgan fingerprint density at radius 3 is 2.24 bits per heavy atom. The quantitative estimate of drug-likeness (QED) is 0.725. The van der Waals surface area contributed by atoms with Crippen molar-refractivity contribution in [3.63, 3.8) is 0 Å². The molecule has 1 aromatic carbocycles. The molecule has 1 fully saturated rings. The van der Waals surface area contributed by atoms with Crippen molar-refractivity contribution < 1.29 is 4.39 Å². The van der Waals surface area contributed by atoms with Crippen LogP contribution in [-0.4, -0.2) is 24.0 Å². The summed E-state index contributed by atoms with van der Waals surface area (Å²) in [4.78, 5) is 2.59. The fourth-order valence-electron chi connectivity index (χ4n) is 2.67. The second-order valence-electron chi connectivity index (χ2n) is 5.00. The Morgan fingerprint density at radius 2 is 1.71 bits per heavy atom. The van der Waals surface area contributed by atoms with Crippen molar-refractivity contribution in [3.8, 4) is 0 Å². The fraction of sp³-hybridized carbons (Fsp3) is 0.600. The predicted molar refractivity (Wildman–Crippen MR) is 69.7 cm³/mol. The van der Waals surface area contributed by atoms with Crippen molar-refractivity contribution in [1.82, 2.24) is 4.90 Å². The summed E-state index contributed by atoms with van der Waals surface area (Å²) in [7, 11) is 0. The van der Waals surface area contributed by atoms with Crippen LogP contribution in [0.4, 0.5) is 4.39 Å². The van der Waals surface area contributed by atoms with Crippen LogP contribution in [0.3, 0.4) is 0 Å². The van der Waals surface area contributed by atoms with E-state index in [1.807, 2.05) is 12.1 Å². The smallest absolute Gasteiger partial charge is 0.123 e. The molecule has 0 N–H and O–H groups in total. The first-order valence-corrected chi connectivity index (χ1v) is 6.75. The monoisotopic (exact) mass is 235 g/mol. The lowest BCUT2D eigenvalue weighted by Crippen LogP contribution is -2.28. The number of rotatable bonds is 6. The second kappa shape index (κ2) is 5.63. The normalized spacial score (nSPS) is 23.1. The van der Waals surface area contributed by atoms with E-state index in [-0.39, 0.29) is 5.82 Å². The lowest BCUT2D eigenvalue weighted by Gasteiger charge is -2.21. The zero-order valence-corrected chi connectivity index (χ0v) is 10.8. The van der Waals surface area contributed by atoms with Gasteiger partial charge < -0.3 is 0 Å². The zero-order chi connectivity index (χ0) is 12.3. The van der Waals surface area contributed by atoms with Crippen molar-refractivity contribution in [2.75, 3.05) is 13.1 Å². The van der Waals surface area contributed by atoms with Gasteiger partial charge in [0.15, 0.2) is 0 Å². The molecule has 2 atom stereocenters. The number of hydrogen-bond donors (Lipinski definition) is 0. The van der Waals surface area contributed by atoms with Crippen LogP contribution >= 0.6 is 0 Å². The highest BCUT2D eigenvalue weighted by Crippen LogP contribution is 2.44. The van der Waals surface area contributed by atoms with Gasteiger partial charge in [0.1, 0.15) is 5.82 Å². The SMILES string of the molecule is CCCN(CCC)C1CC1c1ccc(F)cc1. The first-order chi connectivity index (χ1) is 8.26. The van der Waals surface area contributed by atoms with Gasteiger partial charge in [-0.15, -0.1) is 0 Å². The molecule has 1 saturated carbocycles. The van der Waals surface area contributed by atoms with Crippen molar-refractivity contribution >= 4 is 0 Å². The minimum absolute atomic E-state index is 0.134. The van der Waals surface area contributed by atoms with Gasteiger partial charge in [0.2, 0.25) is 0 Å². The molecule has 2 heteroatoms. The second-order valence-corrected chi connectivity index (χ2v) is 5.00. The highest BCUT2D eigenvalue weighted by molar-refractivity contribution is 5.28. The van der Waals surface area contributed by atoms with Crippen LogP contribution in [0.15, 0.2) is 24.3 Å². The van der Waals surface area contributed by atoms with Gasteiger partial charge in [0.05, 0.1) is 0 Å². The minimum atomic E-state index is -0.134. The van der Waals surface area contributed by atoms with Gasteiger partial charge in [-0.25, -0.2) is 4.39 Å². The van der Waals surface area contributed by atoms with Crippen LogP contribution in [0.2, 0.25) is 0 Å². The van der Waals surface area contributed by atoms with Gasteiger partial charge >= 0.3 is 0 Å². The van der Waals surface area contributed by atoms with E-state index in [1.165, 1.54) is 37.9 Å². The largest absolute Gasteiger partial charge is 0.300 e. The molecule has 1 aromatic rings. The van der Waals surface area contributed by atoms with E-state index >= 15 is 0 Å². The molecule has 0 spiro atoms. The molecule has 2 rings (SSSR count). The molecule has 94 valence electrons. The predicted octanol–water partition coefficient (Wildman–Crippen LogP) is 3.80. The van der Waals surface area contributed by atoms with Crippen LogP contribution < -0.4 is 0 Å². The molecule has 2 unspecified atom stereocenters. The molecule has 0 amide bonds. The highest BCUT2D eigenvalue weighted by Gasteiger charge is 2.41.